The Hall–Kier alpha value is -4.46. The maximum absolute atomic E-state index is 13.0. The van der Waals surface area contributed by atoms with Crippen LogP contribution < -0.4 is 10.2 Å². The molecule has 36 heavy (non-hydrogen) atoms. The molecular formula is C28H26N4O4. The van der Waals surface area contributed by atoms with Crippen molar-refractivity contribution in [3.05, 3.63) is 83.9 Å². The molecule has 8 nitrogen and oxygen atoms in total. The van der Waals surface area contributed by atoms with E-state index in [1.54, 1.807) is 6.07 Å². The van der Waals surface area contributed by atoms with E-state index in [2.05, 4.69) is 15.3 Å². The van der Waals surface area contributed by atoms with Crippen molar-refractivity contribution in [3.63, 3.8) is 0 Å². The number of aromatic nitrogens is 2. The lowest BCUT2D eigenvalue weighted by atomic mass is 9.94. The molecule has 3 N–H and O–H groups in total. The molecule has 5 rings (SSSR count). The van der Waals surface area contributed by atoms with Crippen LogP contribution in [0.15, 0.2) is 72.8 Å². The smallest absolute Gasteiger partial charge is 0.303 e. The summed E-state index contributed by atoms with van der Waals surface area (Å²) in [6.45, 7) is 0.206. The average molecular weight is 483 g/mol. The summed E-state index contributed by atoms with van der Waals surface area (Å²) in [5.74, 6) is -0.962. The van der Waals surface area contributed by atoms with Gasteiger partial charge in [0.25, 0.3) is 0 Å². The first-order valence-corrected chi connectivity index (χ1v) is 11.9. The molecule has 182 valence electrons. The van der Waals surface area contributed by atoms with Crippen molar-refractivity contribution in [2.24, 2.45) is 5.92 Å². The van der Waals surface area contributed by atoms with E-state index in [0.29, 0.717) is 18.7 Å². The van der Waals surface area contributed by atoms with E-state index in [1.807, 2.05) is 66.7 Å². The second-order valence-electron chi connectivity index (χ2n) is 9.06. The largest absolute Gasteiger partial charge is 0.481 e. The summed E-state index contributed by atoms with van der Waals surface area (Å²) in [5.41, 5.74) is 5.30. The Morgan fingerprint density at radius 2 is 1.75 bits per heavy atom. The quantitative estimate of drug-likeness (QED) is 0.369. The second kappa shape index (κ2) is 10.0. The number of hydrogen-bond acceptors (Lipinski definition) is 4. The Bertz CT molecular complexity index is 1390. The van der Waals surface area contributed by atoms with E-state index in [9.17, 15) is 19.5 Å². The van der Waals surface area contributed by atoms with Crippen molar-refractivity contribution in [2.45, 2.75) is 25.8 Å². The van der Waals surface area contributed by atoms with Crippen molar-refractivity contribution >= 4 is 34.5 Å². The average Bonchev–Trinajstić information content (AvgIpc) is 3.25. The standard InChI is InChI=1S/C28H26N4O4/c33-25(17-32-24-8-4-1-5-21(24)13-19(14-26(32)34)15-27(35)36)29-16-18-9-11-20(12-10-18)28-30-22-6-2-3-7-23(22)31-28/h1-12,19H,13-17H2,(H,29,33)(H,30,31)(H,35,36). The number of amides is 2. The minimum Gasteiger partial charge on any atom is -0.481 e. The number of nitrogens with one attached hydrogen (secondary N) is 2. The molecule has 1 atom stereocenters. The fourth-order valence-electron chi connectivity index (χ4n) is 4.66. The zero-order valence-electron chi connectivity index (χ0n) is 19.6. The van der Waals surface area contributed by atoms with Crippen LogP contribution in [0.3, 0.4) is 0 Å². The molecule has 1 aliphatic heterocycles. The van der Waals surface area contributed by atoms with Crippen LogP contribution >= 0.6 is 0 Å². The lowest BCUT2D eigenvalue weighted by Crippen LogP contribution is -2.40. The maximum atomic E-state index is 13.0. The van der Waals surface area contributed by atoms with Gasteiger partial charge in [0, 0.05) is 30.6 Å². The Kier molecular flexibility index (Phi) is 6.49. The number of nitrogens with zero attached hydrogens (tertiary/aromatic N) is 2. The molecular weight excluding hydrogens is 456 g/mol. The number of aromatic amines is 1. The lowest BCUT2D eigenvalue weighted by molar-refractivity contribution is -0.138. The van der Waals surface area contributed by atoms with Gasteiger partial charge in [-0.3, -0.25) is 14.4 Å². The first kappa shape index (κ1) is 23.3. The first-order valence-electron chi connectivity index (χ1n) is 11.9. The molecule has 3 aromatic carbocycles. The molecule has 0 radical (unpaired) electrons. The molecule has 0 aliphatic carbocycles. The van der Waals surface area contributed by atoms with Crippen LogP contribution in [0.5, 0.6) is 0 Å². The van der Waals surface area contributed by atoms with Gasteiger partial charge in [0.2, 0.25) is 11.8 Å². The highest BCUT2D eigenvalue weighted by Gasteiger charge is 2.30. The van der Waals surface area contributed by atoms with E-state index in [-0.39, 0.29) is 37.1 Å². The van der Waals surface area contributed by atoms with Gasteiger partial charge < -0.3 is 20.3 Å². The Labute approximate surface area is 208 Å². The molecule has 4 aromatic rings. The number of hydrogen-bond donors (Lipinski definition) is 3. The Morgan fingerprint density at radius 1 is 1.00 bits per heavy atom. The van der Waals surface area contributed by atoms with Crippen LogP contribution in [0, 0.1) is 5.92 Å². The second-order valence-corrected chi connectivity index (χ2v) is 9.06. The van der Waals surface area contributed by atoms with Gasteiger partial charge in [0.15, 0.2) is 0 Å². The normalized spacial score (nSPS) is 15.4. The van der Waals surface area contributed by atoms with Crippen molar-refractivity contribution in [1.82, 2.24) is 15.3 Å². The number of carbonyl (C=O) groups excluding carboxylic acids is 2. The summed E-state index contributed by atoms with van der Waals surface area (Å²) in [5, 5.41) is 12.1. The summed E-state index contributed by atoms with van der Waals surface area (Å²) >= 11 is 0. The first-order chi connectivity index (χ1) is 17.5. The molecule has 0 saturated carbocycles. The zero-order valence-corrected chi connectivity index (χ0v) is 19.6. The molecule has 1 aromatic heterocycles. The van der Waals surface area contributed by atoms with Crippen LogP contribution in [0.4, 0.5) is 5.69 Å². The minimum atomic E-state index is -0.928. The van der Waals surface area contributed by atoms with Gasteiger partial charge in [-0.15, -0.1) is 0 Å². The SMILES string of the molecule is O=C(O)CC1CC(=O)N(CC(=O)NCc2ccc(-c3nc4ccccc4[nH]3)cc2)c2ccccc2C1. The topological polar surface area (TPSA) is 115 Å². The highest BCUT2D eigenvalue weighted by atomic mass is 16.4. The van der Waals surface area contributed by atoms with Crippen molar-refractivity contribution < 1.29 is 19.5 Å². The number of carboxylic acids is 1. The maximum Gasteiger partial charge on any atom is 0.303 e. The number of anilines is 1. The monoisotopic (exact) mass is 482 g/mol. The van der Waals surface area contributed by atoms with Crippen LogP contribution in [-0.4, -0.2) is 39.4 Å². The van der Waals surface area contributed by atoms with E-state index in [4.69, 9.17) is 0 Å². The van der Waals surface area contributed by atoms with Crippen molar-refractivity contribution in [2.75, 3.05) is 11.4 Å². The third-order valence-corrected chi connectivity index (χ3v) is 6.43. The number of para-hydroxylation sites is 3. The number of fused-ring (bicyclic) bond motifs is 2. The van der Waals surface area contributed by atoms with Gasteiger partial charge in [-0.1, -0.05) is 54.6 Å². The van der Waals surface area contributed by atoms with Crippen molar-refractivity contribution in [3.8, 4) is 11.4 Å². The molecule has 2 amide bonds. The number of rotatable bonds is 7. The number of H-pyrrole nitrogens is 1. The predicted octanol–water partition coefficient (Wildman–Crippen LogP) is 3.92. The number of carboxylic acid groups (broad SMARTS) is 1. The number of aliphatic carboxylic acids is 1. The molecule has 1 unspecified atom stereocenters. The highest BCUT2D eigenvalue weighted by molar-refractivity contribution is 6.00. The molecule has 0 spiro atoms. The van der Waals surface area contributed by atoms with E-state index in [0.717, 1.165) is 33.5 Å². The van der Waals surface area contributed by atoms with E-state index in [1.165, 1.54) is 4.90 Å². The summed E-state index contributed by atoms with van der Waals surface area (Å²) in [6, 6.07) is 23.0. The van der Waals surface area contributed by atoms with Crippen LogP contribution in [0.1, 0.15) is 24.0 Å². The summed E-state index contributed by atoms with van der Waals surface area (Å²) in [7, 11) is 0. The lowest BCUT2D eigenvalue weighted by Gasteiger charge is -2.22. The third-order valence-electron chi connectivity index (χ3n) is 6.43. The fourth-order valence-corrected chi connectivity index (χ4v) is 4.66. The van der Waals surface area contributed by atoms with Gasteiger partial charge in [-0.05, 0) is 41.7 Å². The van der Waals surface area contributed by atoms with Gasteiger partial charge in [0.1, 0.15) is 12.4 Å². The highest BCUT2D eigenvalue weighted by Crippen LogP contribution is 2.31. The van der Waals surface area contributed by atoms with Gasteiger partial charge in [-0.25, -0.2) is 4.98 Å². The molecule has 2 heterocycles. The number of benzene rings is 3. The van der Waals surface area contributed by atoms with Crippen LogP contribution in [-0.2, 0) is 27.3 Å². The summed E-state index contributed by atoms with van der Waals surface area (Å²) in [4.78, 5) is 46.4. The fraction of sp³-hybridized carbons (Fsp3) is 0.214. The third kappa shape index (κ3) is 5.12. The Morgan fingerprint density at radius 3 is 2.53 bits per heavy atom. The van der Waals surface area contributed by atoms with Crippen LogP contribution in [0.25, 0.3) is 22.4 Å². The molecule has 1 aliphatic rings. The molecule has 0 bridgehead atoms. The molecule has 0 saturated heterocycles. The number of imidazole rings is 1. The minimum absolute atomic E-state index is 0.0792. The van der Waals surface area contributed by atoms with Gasteiger partial charge in [0.05, 0.1) is 11.0 Å². The molecule has 8 heteroatoms. The summed E-state index contributed by atoms with van der Waals surface area (Å²) in [6.07, 6.45) is 0.506. The van der Waals surface area contributed by atoms with Crippen molar-refractivity contribution in [1.29, 1.82) is 0 Å². The zero-order chi connectivity index (χ0) is 25.1. The van der Waals surface area contributed by atoms with Crippen LogP contribution in [0.2, 0.25) is 0 Å². The summed E-state index contributed by atoms with van der Waals surface area (Å²) < 4.78 is 0. The number of carbonyl (C=O) groups is 3. The van der Waals surface area contributed by atoms with Gasteiger partial charge in [-0.2, -0.15) is 0 Å². The van der Waals surface area contributed by atoms with E-state index < -0.39 is 5.97 Å². The predicted molar refractivity (Wildman–Crippen MR) is 136 cm³/mol. The van der Waals surface area contributed by atoms with E-state index >= 15 is 0 Å². The Balaban J connectivity index is 1.23. The van der Waals surface area contributed by atoms with Gasteiger partial charge >= 0.3 is 5.97 Å². The molecule has 0 fully saturated rings.